The zero-order valence-electron chi connectivity index (χ0n) is 9.71. The van der Waals surface area contributed by atoms with E-state index in [1.54, 1.807) is 6.07 Å². The molecule has 1 aromatic carbocycles. The minimum absolute atomic E-state index is 0.0554. The van der Waals surface area contributed by atoms with E-state index >= 15 is 0 Å². The minimum Gasteiger partial charge on any atom is -0.480 e. The summed E-state index contributed by atoms with van der Waals surface area (Å²) in [5.41, 5.74) is 1.78. The molecule has 7 heteroatoms. The number of ether oxygens (including phenoxy) is 1. The van der Waals surface area contributed by atoms with Gasteiger partial charge in [0.25, 0.3) is 0 Å². The predicted molar refractivity (Wildman–Crippen MR) is 62.4 cm³/mol. The van der Waals surface area contributed by atoms with Crippen molar-refractivity contribution >= 4 is 16.0 Å². The first-order valence-electron chi connectivity index (χ1n) is 5.35. The Balaban J connectivity index is 2.28. The van der Waals surface area contributed by atoms with E-state index in [1.165, 1.54) is 19.1 Å². The van der Waals surface area contributed by atoms with E-state index < -0.39 is 22.0 Å². The van der Waals surface area contributed by atoms with Crippen LogP contribution in [0.4, 0.5) is 0 Å². The molecule has 0 amide bonds. The van der Waals surface area contributed by atoms with E-state index in [0.29, 0.717) is 13.2 Å². The van der Waals surface area contributed by atoms with Crippen LogP contribution < -0.4 is 4.72 Å². The van der Waals surface area contributed by atoms with Crippen molar-refractivity contribution in [1.82, 2.24) is 4.72 Å². The second-order valence-corrected chi connectivity index (χ2v) is 5.82. The van der Waals surface area contributed by atoms with Gasteiger partial charge in [0.1, 0.15) is 6.04 Å². The first kappa shape index (κ1) is 13.0. The van der Waals surface area contributed by atoms with Crippen molar-refractivity contribution in [3.05, 3.63) is 29.3 Å². The predicted octanol–water partition coefficient (Wildman–Crippen LogP) is 0.468. The van der Waals surface area contributed by atoms with Crippen LogP contribution >= 0.6 is 0 Å². The van der Waals surface area contributed by atoms with Gasteiger partial charge in [-0.2, -0.15) is 4.72 Å². The highest BCUT2D eigenvalue weighted by Gasteiger charge is 2.23. The summed E-state index contributed by atoms with van der Waals surface area (Å²) < 4.78 is 31.2. The second-order valence-electron chi connectivity index (χ2n) is 4.10. The van der Waals surface area contributed by atoms with Crippen molar-refractivity contribution in [2.75, 3.05) is 0 Å². The lowest BCUT2D eigenvalue weighted by atomic mass is 10.1. The maximum absolute atomic E-state index is 11.9. The summed E-state index contributed by atoms with van der Waals surface area (Å²) >= 11 is 0. The molecule has 0 radical (unpaired) electrons. The molecule has 1 heterocycles. The average molecular weight is 271 g/mol. The number of hydrogen-bond donors (Lipinski definition) is 2. The van der Waals surface area contributed by atoms with Crippen molar-refractivity contribution in [2.24, 2.45) is 0 Å². The molecule has 2 rings (SSSR count). The molecule has 18 heavy (non-hydrogen) atoms. The highest BCUT2D eigenvalue weighted by atomic mass is 32.2. The van der Waals surface area contributed by atoms with Gasteiger partial charge in [-0.05, 0) is 30.2 Å². The Morgan fingerprint density at radius 2 is 2.06 bits per heavy atom. The summed E-state index contributed by atoms with van der Waals surface area (Å²) in [6.45, 7) is 2.14. The Kier molecular flexibility index (Phi) is 3.38. The van der Waals surface area contributed by atoms with Gasteiger partial charge in [-0.25, -0.2) is 8.42 Å². The lowest BCUT2D eigenvalue weighted by Gasteiger charge is -2.10. The molecule has 0 saturated carbocycles. The average Bonchev–Trinajstić information content (AvgIpc) is 2.74. The van der Waals surface area contributed by atoms with E-state index in [1.807, 2.05) is 0 Å². The number of carboxylic acids is 1. The Morgan fingerprint density at radius 3 is 2.72 bits per heavy atom. The van der Waals surface area contributed by atoms with Crippen molar-refractivity contribution in [1.29, 1.82) is 0 Å². The molecular weight excluding hydrogens is 258 g/mol. The Labute approximate surface area is 105 Å². The normalized spacial score (nSPS) is 16.3. The first-order chi connectivity index (χ1) is 8.40. The van der Waals surface area contributed by atoms with Gasteiger partial charge >= 0.3 is 5.97 Å². The van der Waals surface area contributed by atoms with Crippen molar-refractivity contribution in [2.45, 2.75) is 31.1 Å². The fourth-order valence-corrected chi connectivity index (χ4v) is 2.91. The third kappa shape index (κ3) is 2.53. The number of rotatable bonds is 4. The van der Waals surface area contributed by atoms with Crippen LogP contribution in [0.2, 0.25) is 0 Å². The molecule has 0 saturated heterocycles. The summed E-state index contributed by atoms with van der Waals surface area (Å²) in [5, 5.41) is 8.70. The maximum atomic E-state index is 11.9. The Bertz CT molecular complexity index is 581. The summed E-state index contributed by atoms with van der Waals surface area (Å²) in [6, 6.07) is 3.48. The van der Waals surface area contributed by atoms with Crippen LogP contribution in [0.25, 0.3) is 0 Å². The summed E-state index contributed by atoms with van der Waals surface area (Å²) in [7, 11) is -3.81. The van der Waals surface area contributed by atoms with Gasteiger partial charge in [0.15, 0.2) is 0 Å². The molecule has 0 fully saturated rings. The Hall–Kier alpha value is -1.44. The fourth-order valence-electron chi connectivity index (χ4n) is 1.67. The molecule has 0 aliphatic carbocycles. The van der Waals surface area contributed by atoms with Gasteiger partial charge in [0.05, 0.1) is 18.1 Å². The van der Waals surface area contributed by atoms with E-state index in [0.717, 1.165) is 11.1 Å². The smallest absolute Gasteiger partial charge is 0.321 e. The lowest BCUT2D eigenvalue weighted by molar-refractivity contribution is -0.138. The molecule has 2 N–H and O–H groups in total. The zero-order valence-corrected chi connectivity index (χ0v) is 10.5. The van der Waals surface area contributed by atoms with E-state index in [2.05, 4.69) is 4.72 Å². The van der Waals surface area contributed by atoms with Crippen molar-refractivity contribution in [3.8, 4) is 0 Å². The van der Waals surface area contributed by atoms with Crippen LogP contribution in [0, 0.1) is 0 Å². The third-order valence-electron chi connectivity index (χ3n) is 2.71. The third-order valence-corrected chi connectivity index (χ3v) is 4.24. The molecule has 0 spiro atoms. The number of benzene rings is 1. The molecule has 98 valence electrons. The minimum atomic E-state index is -3.81. The number of aliphatic carboxylic acids is 1. The molecule has 6 nitrogen and oxygen atoms in total. The quantitative estimate of drug-likeness (QED) is 0.830. The van der Waals surface area contributed by atoms with E-state index in [4.69, 9.17) is 9.84 Å². The zero-order chi connectivity index (χ0) is 13.3. The van der Waals surface area contributed by atoms with Gasteiger partial charge in [-0.1, -0.05) is 6.07 Å². The maximum Gasteiger partial charge on any atom is 0.321 e. The van der Waals surface area contributed by atoms with Gasteiger partial charge in [-0.15, -0.1) is 0 Å². The molecular formula is C11H13NO5S. The number of hydrogen-bond acceptors (Lipinski definition) is 4. The van der Waals surface area contributed by atoms with Gasteiger partial charge in [0.2, 0.25) is 10.0 Å². The van der Waals surface area contributed by atoms with Crippen LogP contribution in [0.5, 0.6) is 0 Å². The monoisotopic (exact) mass is 271 g/mol. The number of carbonyl (C=O) groups is 1. The number of nitrogens with one attached hydrogen (secondary N) is 1. The first-order valence-corrected chi connectivity index (χ1v) is 6.83. The summed E-state index contributed by atoms with van der Waals surface area (Å²) in [4.78, 5) is 10.7. The van der Waals surface area contributed by atoms with E-state index in [-0.39, 0.29) is 4.90 Å². The topological polar surface area (TPSA) is 92.7 Å². The van der Waals surface area contributed by atoms with Crippen LogP contribution in [0.3, 0.4) is 0 Å². The molecule has 1 aliphatic heterocycles. The Morgan fingerprint density at radius 1 is 1.39 bits per heavy atom. The van der Waals surface area contributed by atoms with Gasteiger partial charge in [-0.3, -0.25) is 4.79 Å². The van der Waals surface area contributed by atoms with Gasteiger partial charge < -0.3 is 9.84 Å². The lowest BCUT2D eigenvalue weighted by Crippen LogP contribution is -2.38. The van der Waals surface area contributed by atoms with Crippen molar-refractivity contribution < 1.29 is 23.1 Å². The second kappa shape index (κ2) is 4.68. The van der Waals surface area contributed by atoms with Crippen molar-refractivity contribution in [3.63, 3.8) is 0 Å². The van der Waals surface area contributed by atoms with Crippen LogP contribution in [0.15, 0.2) is 23.1 Å². The van der Waals surface area contributed by atoms with E-state index in [9.17, 15) is 13.2 Å². The molecule has 0 bridgehead atoms. The highest BCUT2D eigenvalue weighted by molar-refractivity contribution is 7.89. The number of carboxylic acid groups (broad SMARTS) is 1. The molecule has 0 unspecified atom stereocenters. The van der Waals surface area contributed by atoms with Crippen LogP contribution in [-0.4, -0.2) is 25.5 Å². The number of sulfonamides is 1. The van der Waals surface area contributed by atoms with Crippen LogP contribution in [-0.2, 0) is 32.8 Å². The number of fused-ring (bicyclic) bond motifs is 1. The van der Waals surface area contributed by atoms with Crippen LogP contribution in [0.1, 0.15) is 18.1 Å². The molecule has 1 aromatic rings. The standard InChI is InChI=1S/C11H13NO5S/c1-7(11(13)14)12-18(15,16)10-3-2-8-5-17-6-9(8)4-10/h2-4,7,12H,5-6H2,1H3,(H,13,14)/t7-/m0/s1. The van der Waals surface area contributed by atoms with Gasteiger partial charge in [0, 0.05) is 0 Å². The molecule has 0 aromatic heterocycles. The summed E-state index contributed by atoms with van der Waals surface area (Å²) in [6.07, 6.45) is 0. The highest BCUT2D eigenvalue weighted by Crippen LogP contribution is 2.23. The SMILES string of the molecule is C[C@H](NS(=O)(=O)c1ccc2c(c1)COC2)C(=O)O. The largest absolute Gasteiger partial charge is 0.480 e. The molecule has 1 atom stereocenters. The summed E-state index contributed by atoms with van der Waals surface area (Å²) in [5.74, 6) is -1.22. The fraction of sp³-hybridized carbons (Fsp3) is 0.364. The molecule has 1 aliphatic rings.